The Kier molecular flexibility index (Phi) is 2.16. The van der Waals surface area contributed by atoms with Crippen LogP contribution in [0.1, 0.15) is 18.6 Å². The monoisotopic (exact) mass is 223 g/mol. The normalized spacial score (nSPS) is 27.4. The van der Waals surface area contributed by atoms with Gasteiger partial charge in [0, 0.05) is 12.1 Å². The number of rotatable bonds is 3. The largest absolute Gasteiger partial charge is 0.479 e. The van der Waals surface area contributed by atoms with Crippen LogP contribution in [0.5, 0.6) is 0 Å². The molecule has 6 heteroatoms. The Hall–Kier alpha value is -1.95. The van der Waals surface area contributed by atoms with Crippen LogP contribution in [-0.4, -0.2) is 21.6 Å². The molecular weight excluding hydrogens is 214 g/mol. The zero-order valence-electron chi connectivity index (χ0n) is 8.41. The SMILES string of the molecule is C[C@@]1(C(=O)O)O[C@H]1c1cccc([N+](=O)[O-])c1. The third kappa shape index (κ3) is 1.53. The van der Waals surface area contributed by atoms with Crippen molar-refractivity contribution >= 4 is 11.7 Å². The second kappa shape index (κ2) is 3.28. The Bertz CT molecular complexity index is 472. The molecule has 16 heavy (non-hydrogen) atoms. The highest BCUT2D eigenvalue weighted by atomic mass is 16.6. The van der Waals surface area contributed by atoms with Crippen molar-refractivity contribution in [1.29, 1.82) is 0 Å². The van der Waals surface area contributed by atoms with Gasteiger partial charge in [-0.2, -0.15) is 0 Å². The second-order valence-electron chi connectivity index (χ2n) is 3.76. The van der Waals surface area contributed by atoms with E-state index in [-0.39, 0.29) is 5.69 Å². The van der Waals surface area contributed by atoms with Crippen LogP contribution in [0, 0.1) is 10.1 Å². The molecule has 0 radical (unpaired) electrons. The van der Waals surface area contributed by atoms with Crippen molar-refractivity contribution in [3.63, 3.8) is 0 Å². The van der Waals surface area contributed by atoms with E-state index >= 15 is 0 Å². The maximum Gasteiger partial charge on any atom is 0.338 e. The molecule has 1 saturated heterocycles. The molecule has 0 bridgehead atoms. The Morgan fingerprint density at radius 1 is 1.62 bits per heavy atom. The Morgan fingerprint density at radius 2 is 2.31 bits per heavy atom. The third-order valence-corrected chi connectivity index (χ3v) is 2.61. The van der Waals surface area contributed by atoms with E-state index in [0.29, 0.717) is 5.56 Å². The molecule has 1 aliphatic rings. The summed E-state index contributed by atoms with van der Waals surface area (Å²) in [5.74, 6) is -1.07. The summed E-state index contributed by atoms with van der Waals surface area (Å²) in [4.78, 5) is 20.8. The van der Waals surface area contributed by atoms with Crippen molar-refractivity contribution < 1.29 is 19.6 Å². The van der Waals surface area contributed by atoms with Crippen LogP contribution in [0.4, 0.5) is 5.69 Å². The maximum atomic E-state index is 10.8. The van der Waals surface area contributed by atoms with Crippen LogP contribution in [0.15, 0.2) is 24.3 Å². The van der Waals surface area contributed by atoms with Gasteiger partial charge in [-0.05, 0) is 12.5 Å². The smallest absolute Gasteiger partial charge is 0.338 e. The number of hydrogen-bond donors (Lipinski definition) is 1. The lowest BCUT2D eigenvalue weighted by Gasteiger charge is -1.99. The van der Waals surface area contributed by atoms with Gasteiger partial charge in [-0.1, -0.05) is 12.1 Å². The number of aliphatic carboxylic acids is 1. The van der Waals surface area contributed by atoms with E-state index < -0.39 is 22.6 Å². The highest BCUT2D eigenvalue weighted by molar-refractivity contribution is 5.81. The Balaban J connectivity index is 2.28. The van der Waals surface area contributed by atoms with Crippen LogP contribution < -0.4 is 0 Å². The van der Waals surface area contributed by atoms with Crippen LogP contribution >= 0.6 is 0 Å². The average Bonchev–Trinajstić information content (AvgIpc) is 2.93. The van der Waals surface area contributed by atoms with Crippen molar-refractivity contribution in [1.82, 2.24) is 0 Å². The van der Waals surface area contributed by atoms with Gasteiger partial charge < -0.3 is 9.84 Å². The highest BCUT2D eigenvalue weighted by Gasteiger charge is 2.60. The first kappa shape index (κ1) is 10.6. The van der Waals surface area contributed by atoms with E-state index in [0.717, 1.165) is 0 Å². The number of nitro benzene ring substituents is 1. The average molecular weight is 223 g/mol. The lowest BCUT2D eigenvalue weighted by atomic mass is 10.0. The van der Waals surface area contributed by atoms with Gasteiger partial charge >= 0.3 is 5.97 Å². The Labute approximate surface area is 90.6 Å². The fourth-order valence-electron chi connectivity index (χ4n) is 1.56. The molecule has 0 aromatic heterocycles. The fraction of sp³-hybridized carbons (Fsp3) is 0.300. The zero-order chi connectivity index (χ0) is 11.9. The summed E-state index contributed by atoms with van der Waals surface area (Å²) in [7, 11) is 0. The zero-order valence-corrected chi connectivity index (χ0v) is 8.41. The molecule has 0 amide bonds. The number of benzene rings is 1. The molecule has 2 rings (SSSR count). The van der Waals surface area contributed by atoms with E-state index in [2.05, 4.69) is 0 Å². The minimum atomic E-state index is -1.25. The molecule has 1 aliphatic heterocycles. The molecule has 1 aromatic rings. The molecule has 1 heterocycles. The molecule has 0 spiro atoms. The molecular formula is C10H9NO5. The van der Waals surface area contributed by atoms with E-state index in [9.17, 15) is 14.9 Å². The van der Waals surface area contributed by atoms with Gasteiger partial charge in [0.2, 0.25) is 0 Å². The molecule has 0 saturated carbocycles. The topological polar surface area (TPSA) is 93.0 Å². The maximum absolute atomic E-state index is 10.8. The van der Waals surface area contributed by atoms with Gasteiger partial charge in [0.05, 0.1) is 4.92 Å². The molecule has 84 valence electrons. The molecule has 1 fully saturated rings. The highest BCUT2D eigenvalue weighted by Crippen LogP contribution is 2.49. The van der Waals surface area contributed by atoms with Crippen molar-refractivity contribution in [2.75, 3.05) is 0 Å². The number of ether oxygens (including phenoxy) is 1. The van der Waals surface area contributed by atoms with Crippen LogP contribution in [0.3, 0.4) is 0 Å². The van der Waals surface area contributed by atoms with Crippen LogP contribution in [0.25, 0.3) is 0 Å². The molecule has 0 unspecified atom stereocenters. The van der Waals surface area contributed by atoms with Crippen molar-refractivity contribution in [2.24, 2.45) is 0 Å². The minimum Gasteiger partial charge on any atom is -0.479 e. The van der Waals surface area contributed by atoms with Gasteiger partial charge in [-0.25, -0.2) is 4.79 Å². The molecule has 1 aromatic carbocycles. The first-order chi connectivity index (χ1) is 7.45. The number of carboxylic acids is 1. The quantitative estimate of drug-likeness (QED) is 0.476. The lowest BCUT2D eigenvalue weighted by molar-refractivity contribution is -0.384. The molecule has 1 N–H and O–H groups in total. The van der Waals surface area contributed by atoms with E-state index in [1.807, 2.05) is 0 Å². The summed E-state index contributed by atoms with van der Waals surface area (Å²) in [6, 6.07) is 5.81. The minimum absolute atomic E-state index is 0.0688. The van der Waals surface area contributed by atoms with Crippen LogP contribution in [0.2, 0.25) is 0 Å². The number of hydrogen-bond acceptors (Lipinski definition) is 4. The number of carbonyl (C=O) groups is 1. The number of carboxylic acid groups (broad SMARTS) is 1. The fourth-order valence-corrected chi connectivity index (χ4v) is 1.56. The molecule has 2 atom stereocenters. The van der Waals surface area contributed by atoms with Gasteiger partial charge in [0.15, 0.2) is 5.60 Å². The first-order valence-corrected chi connectivity index (χ1v) is 4.61. The van der Waals surface area contributed by atoms with Crippen molar-refractivity contribution in [2.45, 2.75) is 18.6 Å². The summed E-state index contributed by atoms with van der Waals surface area (Å²) < 4.78 is 5.06. The Morgan fingerprint density at radius 3 is 2.81 bits per heavy atom. The lowest BCUT2D eigenvalue weighted by Crippen LogP contribution is -2.20. The summed E-state index contributed by atoms with van der Waals surface area (Å²) in [5, 5.41) is 19.4. The van der Waals surface area contributed by atoms with Gasteiger partial charge in [-0.3, -0.25) is 10.1 Å². The van der Waals surface area contributed by atoms with Crippen LogP contribution in [-0.2, 0) is 9.53 Å². The number of nitro groups is 1. The number of non-ortho nitro benzene ring substituents is 1. The standard InChI is InChI=1S/C10H9NO5/c1-10(9(12)13)8(16-10)6-3-2-4-7(5-6)11(14)15/h2-5,8H,1H3,(H,12,13)/t8-,10+/m0/s1. The first-order valence-electron chi connectivity index (χ1n) is 4.61. The van der Waals surface area contributed by atoms with Crippen molar-refractivity contribution in [3.8, 4) is 0 Å². The number of nitrogens with zero attached hydrogens (tertiary/aromatic N) is 1. The molecule has 6 nitrogen and oxygen atoms in total. The second-order valence-corrected chi connectivity index (χ2v) is 3.76. The third-order valence-electron chi connectivity index (χ3n) is 2.61. The van der Waals surface area contributed by atoms with E-state index in [4.69, 9.17) is 9.84 Å². The van der Waals surface area contributed by atoms with Gasteiger partial charge in [0.25, 0.3) is 5.69 Å². The molecule has 0 aliphatic carbocycles. The predicted molar refractivity (Wildman–Crippen MR) is 53.0 cm³/mol. The van der Waals surface area contributed by atoms with Gasteiger partial charge in [0.1, 0.15) is 6.10 Å². The van der Waals surface area contributed by atoms with Gasteiger partial charge in [-0.15, -0.1) is 0 Å². The summed E-state index contributed by atoms with van der Waals surface area (Å²) >= 11 is 0. The van der Waals surface area contributed by atoms with E-state index in [1.54, 1.807) is 6.07 Å². The summed E-state index contributed by atoms with van der Waals surface area (Å²) in [6.45, 7) is 1.44. The van der Waals surface area contributed by atoms with E-state index in [1.165, 1.54) is 25.1 Å². The summed E-state index contributed by atoms with van der Waals surface area (Å²) in [6.07, 6.45) is -0.607. The number of epoxide rings is 1. The van der Waals surface area contributed by atoms with Crippen molar-refractivity contribution in [3.05, 3.63) is 39.9 Å². The summed E-state index contributed by atoms with van der Waals surface area (Å²) in [5.41, 5.74) is -0.810. The predicted octanol–water partition coefficient (Wildman–Crippen LogP) is 1.51.